The molecule has 7 nitrogen and oxygen atoms in total. The van der Waals surface area contributed by atoms with Gasteiger partial charge in [-0.05, 0) is 56.5 Å². The molecule has 0 radical (unpaired) electrons. The third-order valence-electron chi connectivity index (χ3n) is 5.70. The molecule has 1 aliphatic rings. The Morgan fingerprint density at radius 3 is 2.52 bits per heavy atom. The van der Waals surface area contributed by atoms with E-state index in [1.807, 2.05) is 18.2 Å². The Bertz CT molecular complexity index is 810. The number of nitrogens with zero attached hydrogens (tertiary/aromatic N) is 3. The van der Waals surface area contributed by atoms with E-state index >= 15 is 0 Å². The van der Waals surface area contributed by atoms with Gasteiger partial charge in [0.05, 0.1) is 18.8 Å². The highest BCUT2D eigenvalue weighted by molar-refractivity contribution is 5.79. The first kappa shape index (κ1) is 23.1. The number of nitrogens with one attached hydrogen (secondary N) is 2. The van der Waals surface area contributed by atoms with Gasteiger partial charge in [-0.3, -0.25) is 4.90 Å². The van der Waals surface area contributed by atoms with Gasteiger partial charge in [-0.25, -0.2) is 4.99 Å². The van der Waals surface area contributed by atoms with Gasteiger partial charge in [0.2, 0.25) is 0 Å². The first-order chi connectivity index (χ1) is 15.1. The summed E-state index contributed by atoms with van der Waals surface area (Å²) in [6.07, 6.45) is 3.83. The van der Waals surface area contributed by atoms with Crippen LogP contribution in [-0.2, 0) is 6.54 Å². The first-order valence-electron chi connectivity index (χ1n) is 11.5. The lowest BCUT2D eigenvalue weighted by atomic mass is 10.0. The van der Waals surface area contributed by atoms with Gasteiger partial charge in [-0.1, -0.05) is 37.6 Å². The van der Waals surface area contributed by atoms with E-state index in [2.05, 4.69) is 53.6 Å². The maximum atomic E-state index is 5.43. The molecule has 0 spiro atoms. The van der Waals surface area contributed by atoms with Crippen molar-refractivity contribution in [2.75, 3.05) is 33.3 Å². The second-order valence-corrected chi connectivity index (χ2v) is 8.33. The van der Waals surface area contributed by atoms with Gasteiger partial charge in [0.15, 0.2) is 11.7 Å². The fourth-order valence-electron chi connectivity index (χ4n) is 3.88. The van der Waals surface area contributed by atoms with E-state index in [9.17, 15) is 0 Å². The largest absolute Gasteiger partial charge is 0.497 e. The van der Waals surface area contributed by atoms with Crippen molar-refractivity contribution >= 4 is 5.96 Å². The molecule has 2 N–H and O–H groups in total. The van der Waals surface area contributed by atoms with Gasteiger partial charge >= 0.3 is 0 Å². The molecule has 1 unspecified atom stereocenters. The van der Waals surface area contributed by atoms with Crippen molar-refractivity contribution < 1.29 is 9.26 Å². The van der Waals surface area contributed by atoms with Gasteiger partial charge in [0.25, 0.3) is 0 Å². The highest BCUT2D eigenvalue weighted by atomic mass is 16.5. The van der Waals surface area contributed by atoms with Crippen molar-refractivity contribution in [1.29, 1.82) is 0 Å². The van der Waals surface area contributed by atoms with E-state index < -0.39 is 0 Å². The Labute approximate surface area is 186 Å². The van der Waals surface area contributed by atoms with Gasteiger partial charge in [0.1, 0.15) is 12.3 Å². The van der Waals surface area contributed by atoms with Crippen LogP contribution in [0.4, 0.5) is 0 Å². The summed E-state index contributed by atoms with van der Waals surface area (Å²) in [5.41, 5.74) is 2.26. The number of piperidine rings is 1. The minimum Gasteiger partial charge on any atom is -0.497 e. The van der Waals surface area contributed by atoms with Crippen molar-refractivity contribution in [1.82, 2.24) is 20.7 Å². The lowest BCUT2D eigenvalue weighted by Crippen LogP contribution is -2.44. The molecule has 2 heterocycles. The number of methoxy groups -OCH3 is 1. The lowest BCUT2D eigenvalue weighted by Gasteiger charge is -2.35. The number of ether oxygens (including phenoxy) is 1. The maximum absolute atomic E-state index is 5.43. The number of aliphatic imine (C=N–C) groups is 1. The summed E-state index contributed by atoms with van der Waals surface area (Å²) < 4.78 is 10.8. The molecule has 2 aromatic rings. The number of aromatic nitrogens is 1. The third-order valence-corrected chi connectivity index (χ3v) is 5.70. The third kappa shape index (κ3) is 6.72. The van der Waals surface area contributed by atoms with Crippen LogP contribution in [0.3, 0.4) is 0 Å². The SMILES string of the molecule is CCNC(=NCc1cc(C(C)C)no1)NCC(c1ccc(OC)cc1)N1CCCCC1. The average molecular weight is 428 g/mol. The van der Waals surface area contributed by atoms with Crippen molar-refractivity contribution in [3.8, 4) is 5.75 Å². The zero-order valence-corrected chi connectivity index (χ0v) is 19.4. The molecular weight excluding hydrogens is 390 g/mol. The highest BCUT2D eigenvalue weighted by Gasteiger charge is 2.22. The second-order valence-electron chi connectivity index (χ2n) is 8.33. The Morgan fingerprint density at radius 2 is 1.90 bits per heavy atom. The Morgan fingerprint density at radius 1 is 1.16 bits per heavy atom. The molecule has 0 amide bonds. The van der Waals surface area contributed by atoms with E-state index in [4.69, 9.17) is 14.3 Å². The fourth-order valence-corrected chi connectivity index (χ4v) is 3.88. The summed E-state index contributed by atoms with van der Waals surface area (Å²) >= 11 is 0. The van der Waals surface area contributed by atoms with Crippen LogP contribution in [0.1, 0.15) is 69.0 Å². The van der Waals surface area contributed by atoms with Crippen LogP contribution in [-0.4, -0.2) is 49.3 Å². The van der Waals surface area contributed by atoms with Crippen molar-refractivity contribution in [3.05, 3.63) is 47.3 Å². The predicted octanol–water partition coefficient (Wildman–Crippen LogP) is 4.09. The fraction of sp³-hybridized carbons (Fsp3) is 0.583. The topological polar surface area (TPSA) is 74.9 Å². The molecule has 1 aliphatic heterocycles. The number of hydrogen-bond donors (Lipinski definition) is 2. The van der Waals surface area contributed by atoms with Crippen LogP contribution in [0, 0.1) is 0 Å². The Balaban J connectivity index is 1.69. The highest BCUT2D eigenvalue weighted by Crippen LogP contribution is 2.26. The summed E-state index contributed by atoms with van der Waals surface area (Å²) in [6, 6.07) is 10.7. The molecule has 1 fully saturated rings. The standard InChI is InChI=1S/C24H37N5O2/c1-5-25-24(26-16-21-15-22(18(2)3)28-31-21)27-17-23(29-13-7-6-8-14-29)19-9-11-20(30-4)12-10-19/h9-12,15,18,23H,5-8,13-14,16-17H2,1-4H3,(H2,25,26,27). The van der Waals surface area contributed by atoms with Crippen LogP contribution in [0.25, 0.3) is 0 Å². The average Bonchev–Trinajstić information content (AvgIpc) is 3.28. The number of likely N-dealkylation sites (tertiary alicyclic amines) is 1. The van der Waals surface area contributed by atoms with Gasteiger partial charge in [-0.15, -0.1) is 0 Å². The molecule has 1 saturated heterocycles. The lowest BCUT2D eigenvalue weighted by molar-refractivity contribution is 0.164. The van der Waals surface area contributed by atoms with Gasteiger partial charge in [0, 0.05) is 19.2 Å². The maximum Gasteiger partial charge on any atom is 0.191 e. The molecule has 31 heavy (non-hydrogen) atoms. The van der Waals surface area contributed by atoms with Crippen LogP contribution < -0.4 is 15.4 Å². The van der Waals surface area contributed by atoms with Gasteiger partial charge < -0.3 is 19.9 Å². The van der Waals surface area contributed by atoms with E-state index in [1.165, 1.54) is 24.8 Å². The smallest absolute Gasteiger partial charge is 0.191 e. The summed E-state index contributed by atoms with van der Waals surface area (Å²) in [6.45, 7) is 10.6. The van der Waals surface area contributed by atoms with Crippen molar-refractivity contribution in [2.24, 2.45) is 4.99 Å². The molecule has 0 saturated carbocycles. The first-order valence-corrected chi connectivity index (χ1v) is 11.5. The van der Waals surface area contributed by atoms with Crippen molar-refractivity contribution in [3.63, 3.8) is 0 Å². The van der Waals surface area contributed by atoms with Crippen molar-refractivity contribution in [2.45, 2.75) is 58.5 Å². The second kappa shape index (κ2) is 11.7. The normalized spacial score (nSPS) is 16.4. The van der Waals surface area contributed by atoms with E-state index in [1.54, 1.807) is 7.11 Å². The molecule has 3 rings (SSSR count). The number of guanidine groups is 1. The minimum atomic E-state index is 0.285. The minimum absolute atomic E-state index is 0.285. The number of benzene rings is 1. The number of hydrogen-bond acceptors (Lipinski definition) is 5. The zero-order valence-electron chi connectivity index (χ0n) is 19.4. The molecule has 170 valence electrons. The Kier molecular flexibility index (Phi) is 8.76. The van der Waals surface area contributed by atoms with Crippen LogP contribution in [0.15, 0.2) is 39.8 Å². The summed E-state index contributed by atoms with van der Waals surface area (Å²) in [5, 5.41) is 11.0. The Hall–Kier alpha value is -2.54. The summed E-state index contributed by atoms with van der Waals surface area (Å²) in [5.74, 6) is 2.81. The molecule has 1 aromatic heterocycles. The van der Waals surface area contributed by atoms with Crippen LogP contribution >= 0.6 is 0 Å². The van der Waals surface area contributed by atoms with E-state index in [0.29, 0.717) is 12.5 Å². The summed E-state index contributed by atoms with van der Waals surface area (Å²) in [4.78, 5) is 7.29. The molecular formula is C24H37N5O2. The predicted molar refractivity (Wildman–Crippen MR) is 125 cm³/mol. The van der Waals surface area contributed by atoms with E-state index in [-0.39, 0.29) is 6.04 Å². The van der Waals surface area contributed by atoms with Gasteiger partial charge in [-0.2, -0.15) is 0 Å². The quantitative estimate of drug-likeness (QED) is 0.464. The molecule has 1 aromatic carbocycles. The molecule has 7 heteroatoms. The summed E-state index contributed by atoms with van der Waals surface area (Å²) in [7, 11) is 1.70. The van der Waals surface area contributed by atoms with Crippen LogP contribution in [0.5, 0.6) is 5.75 Å². The monoisotopic (exact) mass is 427 g/mol. The zero-order chi connectivity index (χ0) is 22.1. The van der Waals surface area contributed by atoms with Crippen LogP contribution in [0.2, 0.25) is 0 Å². The number of rotatable bonds is 9. The molecule has 0 bridgehead atoms. The molecule has 1 atom stereocenters. The molecule has 0 aliphatic carbocycles. The van der Waals surface area contributed by atoms with E-state index in [0.717, 1.165) is 49.3 Å².